The van der Waals surface area contributed by atoms with E-state index in [4.69, 9.17) is 14.2 Å². The van der Waals surface area contributed by atoms with Gasteiger partial charge in [-0.05, 0) is 6.42 Å². The van der Waals surface area contributed by atoms with Crippen molar-refractivity contribution in [3.63, 3.8) is 0 Å². The van der Waals surface area contributed by atoms with Crippen molar-refractivity contribution in [2.75, 3.05) is 13.2 Å². The monoisotopic (exact) mass is 268 g/mol. The number of hydrogen-bond acceptors (Lipinski definition) is 5. The maximum absolute atomic E-state index is 11.8. The van der Waals surface area contributed by atoms with E-state index < -0.39 is 11.9 Å². The van der Waals surface area contributed by atoms with E-state index in [-0.39, 0.29) is 18.5 Å². The lowest BCUT2D eigenvalue weighted by molar-refractivity contribution is -0.144. The van der Waals surface area contributed by atoms with E-state index in [1.807, 2.05) is 0 Å². The molecule has 0 bridgehead atoms. The molecule has 1 unspecified atom stereocenters. The number of hydrogen-bond donors (Lipinski definition) is 0. The van der Waals surface area contributed by atoms with E-state index in [9.17, 15) is 9.59 Å². The first-order chi connectivity index (χ1) is 9.17. The third-order valence-electron chi connectivity index (χ3n) is 2.81. The van der Waals surface area contributed by atoms with E-state index in [0.717, 1.165) is 6.26 Å². The maximum atomic E-state index is 11.8. The Labute approximate surface area is 113 Å². The summed E-state index contributed by atoms with van der Waals surface area (Å²) in [6, 6.07) is 0. The predicted octanol–water partition coefficient (Wildman–Crippen LogP) is 1.98. The van der Waals surface area contributed by atoms with Gasteiger partial charge in [-0.2, -0.15) is 0 Å². The highest BCUT2D eigenvalue weighted by atomic mass is 16.7. The first kappa shape index (κ1) is 15.6. The molecule has 0 saturated carbocycles. The lowest BCUT2D eigenvalue weighted by Crippen LogP contribution is -2.20. The normalized spacial score (nSPS) is 16.8. The van der Waals surface area contributed by atoms with Crippen LogP contribution in [0.3, 0.4) is 0 Å². The molecule has 0 aromatic heterocycles. The van der Waals surface area contributed by atoms with Crippen LogP contribution in [0.2, 0.25) is 0 Å². The lowest BCUT2D eigenvalue weighted by Gasteiger charge is -2.12. The topological polar surface area (TPSA) is 61.8 Å². The Kier molecular flexibility index (Phi) is 7.07. The van der Waals surface area contributed by atoms with Crippen molar-refractivity contribution in [1.82, 2.24) is 0 Å². The molecule has 1 fully saturated rings. The Morgan fingerprint density at radius 1 is 1.32 bits per heavy atom. The van der Waals surface area contributed by atoms with Crippen LogP contribution in [0.4, 0.5) is 0 Å². The Morgan fingerprint density at radius 3 is 2.58 bits per heavy atom. The molecule has 1 rings (SSSR count). The highest BCUT2D eigenvalue weighted by molar-refractivity contribution is 5.84. The van der Waals surface area contributed by atoms with E-state index in [2.05, 4.69) is 13.2 Å². The first-order valence-electron chi connectivity index (χ1n) is 6.34. The highest BCUT2D eigenvalue weighted by Crippen LogP contribution is 2.16. The molecule has 5 heteroatoms. The van der Waals surface area contributed by atoms with E-state index >= 15 is 0 Å². The van der Waals surface area contributed by atoms with Crippen molar-refractivity contribution in [2.24, 2.45) is 5.92 Å². The summed E-state index contributed by atoms with van der Waals surface area (Å²) >= 11 is 0. The molecule has 0 aromatic rings. The molecule has 0 spiro atoms. The summed E-state index contributed by atoms with van der Waals surface area (Å²) in [5, 5.41) is 0. The third-order valence-corrected chi connectivity index (χ3v) is 2.81. The average Bonchev–Trinajstić information content (AvgIpc) is 2.89. The van der Waals surface area contributed by atoms with Gasteiger partial charge in [0.25, 0.3) is 0 Å². The minimum absolute atomic E-state index is 0.00744. The van der Waals surface area contributed by atoms with Gasteiger partial charge in [0.1, 0.15) is 5.78 Å². The van der Waals surface area contributed by atoms with E-state index in [0.29, 0.717) is 32.5 Å². The standard InChI is InChI=1S/C14H20O5/c1-3-5-11(14(16)17-4-2)10-12(15)6-7-13-18-8-9-19-13/h3-4,11,13H,1-2,5-10H2. The number of allylic oxidation sites excluding steroid dienone is 1. The van der Waals surface area contributed by atoms with Gasteiger partial charge < -0.3 is 14.2 Å². The molecule has 5 nitrogen and oxygen atoms in total. The Balaban J connectivity index is 2.34. The number of carbonyl (C=O) groups excluding carboxylic acids is 2. The van der Waals surface area contributed by atoms with Crippen LogP contribution < -0.4 is 0 Å². The molecule has 0 amide bonds. The lowest BCUT2D eigenvalue weighted by atomic mass is 9.97. The Hall–Kier alpha value is -1.46. The quantitative estimate of drug-likeness (QED) is 0.363. The summed E-state index contributed by atoms with van der Waals surface area (Å²) in [5.74, 6) is -0.947. The highest BCUT2D eigenvalue weighted by Gasteiger charge is 2.23. The van der Waals surface area contributed by atoms with Crippen LogP contribution in [-0.4, -0.2) is 31.3 Å². The summed E-state index contributed by atoms with van der Waals surface area (Å²) in [6.45, 7) is 8.04. The largest absolute Gasteiger partial charge is 0.435 e. The predicted molar refractivity (Wildman–Crippen MR) is 69.1 cm³/mol. The van der Waals surface area contributed by atoms with Crippen LogP contribution in [0, 0.1) is 5.92 Å². The van der Waals surface area contributed by atoms with Crippen LogP contribution in [0.1, 0.15) is 25.7 Å². The maximum Gasteiger partial charge on any atom is 0.314 e. The second-order valence-corrected chi connectivity index (χ2v) is 4.28. The zero-order valence-electron chi connectivity index (χ0n) is 11.0. The number of ketones is 1. The molecule has 0 radical (unpaired) electrons. The molecule has 1 heterocycles. The van der Waals surface area contributed by atoms with Crippen LogP contribution in [0.15, 0.2) is 25.5 Å². The smallest absolute Gasteiger partial charge is 0.314 e. The van der Waals surface area contributed by atoms with Crippen molar-refractivity contribution < 1.29 is 23.8 Å². The number of esters is 1. The van der Waals surface area contributed by atoms with Gasteiger partial charge in [-0.3, -0.25) is 9.59 Å². The number of ether oxygens (including phenoxy) is 3. The number of Topliss-reactive ketones (excluding diaryl/α,β-unsaturated/α-hetero) is 1. The summed E-state index contributed by atoms with van der Waals surface area (Å²) in [6.07, 6.45) is 3.80. The molecule has 1 aliphatic heterocycles. The summed E-state index contributed by atoms with van der Waals surface area (Å²) in [7, 11) is 0. The molecular formula is C14H20O5. The van der Waals surface area contributed by atoms with E-state index in [1.54, 1.807) is 6.08 Å². The molecule has 19 heavy (non-hydrogen) atoms. The van der Waals surface area contributed by atoms with Gasteiger partial charge in [0.15, 0.2) is 6.29 Å². The molecule has 0 aliphatic carbocycles. The average molecular weight is 268 g/mol. The van der Waals surface area contributed by atoms with Crippen LogP contribution >= 0.6 is 0 Å². The molecule has 0 aromatic carbocycles. The molecule has 1 aliphatic rings. The number of carbonyl (C=O) groups is 2. The Morgan fingerprint density at radius 2 is 2.00 bits per heavy atom. The third kappa shape index (κ3) is 5.81. The molecule has 0 N–H and O–H groups in total. The Bertz CT molecular complexity index is 331. The fourth-order valence-electron chi connectivity index (χ4n) is 1.87. The van der Waals surface area contributed by atoms with Crippen molar-refractivity contribution in [3.05, 3.63) is 25.5 Å². The minimum atomic E-state index is -0.492. The zero-order chi connectivity index (χ0) is 14.1. The van der Waals surface area contributed by atoms with Gasteiger partial charge in [-0.15, -0.1) is 6.58 Å². The minimum Gasteiger partial charge on any atom is -0.435 e. The van der Waals surface area contributed by atoms with Gasteiger partial charge in [-0.1, -0.05) is 12.7 Å². The van der Waals surface area contributed by atoms with Gasteiger partial charge in [0.2, 0.25) is 0 Å². The molecule has 1 atom stereocenters. The van der Waals surface area contributed by atoms with Gasteiger partial charge in [-0.25, -0.2) is 0 Å². The SMILES string of the molecule is C=CCC(CC(=O)CCC1OCCO1)C(=O)OC=C. The second-order valence-electron chi connectivity index (χ2n) is 4.28. The molecular weight excluding hydrogens is 248 g/mol. The summed E-state index contributed by atoms with van der Waals surface area (Å²) < 4.78 is 15.2. The van der Waals surface area contributed by atoms with Gasteiger partial charge >= 0.3 is 5.97 Å². The van der Waals surface area contributed by atoms with Crippen LogP contribution in [-0.2, 0) is 23.8 Å². The van der Waals surface area contributed by atoms with Crippen molar-refractivity contribution in [2.45, 2.75) is 32.0 Å². The van der Waals surface area contributed by atoms with Crippen molar-refractivity contribution in [1.29, 1.82) is 0 Å². The zero-order valence-corrected chi connectivity index (χ0v) is 11.0. The molecule has 106 valence electrons. The van der Waals surface area contributed by atoms with E-state index in [1.165, 1.54) is 0 Å². The fraction of sp³-hybridized carbons (Fsp3) is 0.571. The number of rotatable bonds is 9. The molecule has 1 saturated heterocycles. The van der Waals surface area contributed by atoms with Crippen LogP contribution in [0.25, 0.3) is 0 Å². The van der Waals surface area contributed by atoms with Crippen molar-refractivity contribution in [3.8, 4) is 0 Å². The van der Waals surface area contributed by atoms with Gasteiger partial charge in [0, 0.05) is 19.3 Å². The van der Waals surface area contributed by atoms with Gasteiger partial charge in [0.05, 0.1) is 25.4 Å². The summed E-state index contributed by atoms with van der Waals surface area (Å²) in [5.41, 5.74) is 0. The fourth-order valence-corrected chi connectivity index (χ4v) is 1.87. The summed E-state index contributed by atoms with van der Waals surface area (Å²) in [4.78, 5) is 23.4. The van der Waals surface area contributed by atoms with Crippen molar-refractivity contribution >= 4 is 11.8 Å². The first-order valence-corrected chi connectivity index (χ1v) is 6.34. The van der Waals surface area contributed by atoms with Crippen LogP contribution in [0.5, 0.6) is 0 Å². The second kappa shape index (κ2) is 8.61.